The fraction of sp³-hybridized carbons (Fsp3) is 0.500. The van der Waals surface area contributed by atoms with Crippen molar-refractivity contribution >= 4 is 16.6 Å². The number of hydrogen-bond donors (Lipinski definition) is 1. The van der Waals surface area contributed by atoms with Gasteiger partial charge in [-0.05, 0) is 38.3 Å². The van der Waals surface area contributed by atoms with Crippen LogP contribution in [0.2, 0.25) is 0 Å². The average molecular weight is 284 g/mol. The molecule has 3 nitrogen and oxygen atoms in total. The molecule has 1 fully saturated rings. The fourth-order valence-corrected chi connectivity index (χ4v) is 3.61. The molecule has 1 aromatic heterocycles. The maximum Gasteiger partial charge on any atom is 0.0821 e. The molecule has 0 unspecified atom stereocenters. The van der Waals surface area contributed by atoms with E-state index >= 15 is 0 Å². The van der Waals surface area contributed by atoms with E-state index in [4.69, 9.17) is 0 Å². The van der Waals surface area contributed by atoms with Crippen molar-refractivity contribution in [3.05, 3.63) is 35.5 Å². The number of aromatic nitrogens is 1. The molecule has 0 radical (unpaired) electrons. The molecule has 0 spiro atoms. The molecule has 0 saturated heterocycles. The Morgan fingerprint density at radius 3 is 2.57 bits per heavy atom. The Bertz CT molecular complexity index is 660. The van der Waals surface area contributed by atoms with E-state index in [-0.39, 0.29) is 0 Å². The van der Waals surface area contributed by atoms with Gasteiger partial charge in [-0.3, -0.25) is 4.98 Å². The SMILES string of the molecule is Cc1nc2ccccc2c(N(C)CC2(O)CCCC2)c1C. The summed E-state index contributed by atoms with van der Waals surface area (Å²) in [6, 6.07) is 8.27. The highest BCUT2D eigenvalue weighted by molar-refractivity contribution is 5.93. The number of anilines is 1. The first kappa shape index (κ1) is 14.3. The van der Waals surface area contributed by atoms with Gasteiger partial charge in [0.1, 0.15) is 0 Å². The van der Waals surface area contributed by atoms with E-state index in [2.05, 4.69) is 49.0 Å². The first-order valence-electron chi connectivity index (χ1n) is 7.80. The van der Waals surface area contributed by atoms with Crippen molar-refractivity contribution in [1.82, 2.24) is 4.98 Å². The summed E-state index contributed by atoms with van der Waals surface area (Å²) < 4.78 is 0. The fourth-order valence-electron chi connectivity index (χ4n) is 3.61. The van der Waals surface area contributed by atoms with Crippen LogP contribution in [-0.2, 0) is 0 Å². The first-order chi connectivity index (χ1) is 10.0. The molecule has 1 saturated carbocycles. The Labute approximate surface area is 126 Å². The second-order valence-corrected chi connectivity index (χ2v) is 6.48. The Morgan fingerprint density at radius 1 is 1.19 bits per heavy atom. The minimum absolute atomic E-state index is 0.528. The van der Waals surface area contributed by atoms with Crippen molar-refractivity contribution in [2.75, 3.05) is 18.5 Å². The van der Waals surface area contributed by atoms with E-state index < -0.39 is 5.60 Å². The predicted molar refractivity (Wildman–Crippen MR) is 87.9 cm³/mol. The third-order valence-corrected chi connectivity index (χ3v) is 4.79. The van der Waals surface area contributed by atoms with Gasteiger partial charge in [-0.15, -0.1) is 0 Å². The predicted octanol–water partition coefficient (Wildman–Crippen LogP) is 3.59. The molecule has 21 heavy (non-hydrogen) atoms. The minimum Gasteiger partial charge on any atom is -0.388 e. The summed E-state index contributed by atoms with van der Waals surface area (Å²) in [5.41, 5.74) is 3.98. The number of fused-ring (bicyclic) bond motifs is 1. The highest BCUT2D eigenvalue weighted by Gasteiger charge is 2.33. The number of pyridine rings is 1. The lowest BCUT2D eigenvalue weighted by Gasteiger charge is -2.32. The average Bonchev–Trinajstić information content (AvgIpc) is 2.86. The van der Waals surface area contributed by atoms with Gasteiger partial charge in [0.2, 0.25) is 0 Å². The van der Waals surface area contributed by atoms with Gasteiger partial charge >= 0.3 is 0 Å². The van der Waals surface area contributed by atoms with Crippen LogP contribution < -0.4 is 4.90 Å². The summed E-state index contributed by atoms with van der Waals surface area (Å²) in [5.74, 6) is 0. The summed E-state index contributed by atoms with van der Waals surface area (Å²) >= 11 is 0. The van der Waals surface area contributed by atoms with E-state index in [1.807, 2.05) is 6.07 Å². The summed E-state index contributed by atoms with van der Waals surface area (Å²) in [4.78, 5) is 6.90. The number of para-hydroxylation sites is 1. The molecule has 3 rings (SSSR count). The van der Waals surface area contributed by atoms with Crippen LogP contribution in [0.4, 0.5) is 5.69 Å². The summed E-state index contributed by atoms with van der Waals surface area (Å²) in [5, 5.41) is 11.9. The molecule has 1 aliphatic rings. The zero-order valence-corrected chi connectivity index (χ0v) is 13.2. The molecular formula is C18H24N2O. The second-order valence-electron chi connectivity index (χ2n) is 6.48. The van der Waals surface area contributed by atoms with Crippen molar-refractivity contribution in [2.45, 2.75) is 45.1 Å². The van der Waals surface area contributed by atoms with Crippen LogP contribution in [0.3, 0.4) is 0 Å². The van der Waals surface area contributed by atoms with Crippen LogP contribution >= 0.6 is 0 Å². The van der Waals surface area contributed by atoms with Crippen LogP contribution in [0.15, 0.2) is 24.3 Å². The molecule has 2 aromatic rings. The van der Waals surface area contributed by atoms with Gasteiger partial charge < -0.3 is 10.0 Å². The number of hydrogen-bond acceptors (Lipinski definition) is 3. The Hall–Kier alpha value is -1.61. The number of aliphatic hydroxyl groups is 1. The molecule has 112 valence electrons. The summed E-state index contributed by atoms with van der Waals surface area (Å²) in [6.07, 6.45) is 4.11. The molecule has 1 N–H and O–H groups in total. The first-order valence-corrected chi connectivity index (χ1v) is 7.80. The molecule has 0 bridgehead atoms. The Balaban J connectivity index is 2.04. The number of nitrogens with zero attached hydrogens (tertiary/aromatic N) is 2. The van der Waals surface area contributed by atoms with Gasteiger partial charge in [0.05, 0.1) is 16.8 Å². The van der Waals surface area contributed by atoms with Gasteiger partial charge in [-0.25, -0.2) is 0 Å². The standard InChI is InChI=1S/C18H24N2O/c1-13-14(2)19-16-9-5-4-8-15(16)17(13)20(3)12-18(21)10-6-7-11-18/h4-5,8-9,21H,6-7,10-12H2,1-3H3. The van der Waals surface area contributed by atoms with Crippen LogP contribution in [-0.4, -0.2) is 29.3 Å². The molecule has 1 heterocycles. The quantitative estimate of drug-likeness (QED) is 0.935. The van der Waals surface area contributed by atoms with Crippen molar-refractivity contribution in [3.63, 3.8) is 0 Å². The second kappa shape index (κ2) is 5.30. The lowest BCUT2D eigenvalue weighted by atomic mass is 10.00. The minimum atomic E-state index is -0.528. The van der Waals surface area contributed by atoms with Crippen molar-refractivity contribution in [2.24, 2.45) is 0 Å². The lowest BCUT2D eigenvalue weighted by Crippen LogP contribution is -2.39. The zero-order chi connectivity index (χ0) is 15.0. The van der Waals surface area contributed by atoms with Crippen molar-refractivity contribution in [1.29, 1.82) is 0 Å². The Kier molecular flexibility index (Phi) is 3.62. The Morgan fingerprint density at radius 2 is 1.86 bits per heavy atom. The van der Waals surface area contributed by atoms with Crippen LogP contribution in [0.5, 0.6) is 0 Å². The van der Waals surface area contributed by atoms with E-state index in [0.717, 1.165) is 36.9 Å². The van der Waals surface area contributed by atoms with Crippen LogP contribution in [0.25, 0.3) is 10.9 Å². The number of likely N-dealkylation sites (N-methyl/N-ethyl adjacent to an activating group) is 1. The molecular weight excluding hydrogens is 260 g/mol. The summed E-state index contributed by atoms with van der Waals surface area (Å²) in [6.45, 7) is 4.88. The van der Waals surface area contributed by atoms with Crippen molar-refractivity contribution < 1.29 is 5.11 Å². The number of aryl methyl sites for hydroxylation is 1. The third kappa shape index (κ3) is 2.62. The van der Waals surface area contributed by atoms with Gasteiger partial charge in [-0.1, -0.05) is 31.0 Å². The highest BCUT2D eigenvalue weighted by Crippen LogP contribution is 2.35. The van der Waals surface area contributed by atoms with Gasteiger partial charge in [0.15, 0.2) is 0 Å². The molecule has 0 atom stereocenters. The lowest BCUT2D eigenvalue weighted by molar-refractivity contribution is 0.0559. The maximum atomic E-state index is 10.7. The summed E-state index contributed by atoms with van der Waals surface area (Å²) in [7, 11) is 2.09. The van der Waals surface area contributed by atoms with Crippen LogP contribution in [0.1, 0.15) is 36.9 Å². The van der Waals surface area contributed by atoms with Crippen molar-refractivity contribution in [3.8, 4) is 0 Å². The van der Waals surface area contributed by atoms with Crippen LogP contribution in [0, 0.1) is 13.8 Å². The van der Waals surface area contributed by atoms with E-state index in [9.17, 15) is 5.11 Å². The largest absolute Gasteiger partial charge is 0.388 e. The van der Waals surface area contributed by atoms with E-state index in [0.29, 0.717) is 6.54 Å². The topological polar surface area (TPSA) is 36.4 Å². The van der Waals surface area contributed by atoms with Gasteiger partial charge in [-0.2, -0.15) is 0 Å². The highest BCUT2D eigenvalue weighted by atomic mass is 16.3. The van der Waals surface area contributed by atoms with Gasteiger partial charge in [0, 0.05) is 24.7 Å². The third-order valence-electron chi connectivity index (χ3n) is 4.79. The molecule has 1 aromatic carbocycles. The smallest absolute Gasteiger partial charge is 0.0821 e. The van der Waals surface area contributed by atoms with E-state index in [1.54, 1.807) is 0 Å². The molecule has 0 aliphatic heterocycles. The molecule has 3 heteroatoms. The molecule has 0 amide bonds. The maximum absolute atomic E-state index is 10.7. The van der Waals surface area contributed by atoms with Gasteiger partial charge in [0.25, 0.3) is 0 Å². The molecule has 1 aliphatic carbocycles. The van der Waals surface area contributed by atoms with E-state index in [1.165, 1.54) is 16.6 Å². The normalized spacial score (nSPS) is 17.3. The monoisotopic (exact) mass is 284 g/mol. The zero-order valence-electron chi connectivity index (χ0n) is 13.2. The number of benzene rings is 1. The number of rotatable bonds is 3.